The van der Waals surface area contributed by atoms with Gasteiger partial charge in [-0.3, -0.25) is 4.90 Å². The Hall–Kier alpha value is -1.06. The molecule has 1 N–H and O–H groups in total. The minimum Gasteiger partial charge on any atom is -0.492 e. The summed E-state index contributed by atoms with van der Waals surface area (Å²) >= 11 is 0. The molecule has 1 aromatic rings. The minimum atomic E-state index is 0.730. The summed E-state index contributed by atoms with van der Waals surface area (Å²) in [5, 5.41) is 3.45. The fourth-order valence-electron chi connectivity index (χ4n) is 3.07. The molecular formula is C18H30N2O. The van der Waals surface area contributed by atoms with Gasteiger partial charge in [0.1, 0.15) is 12.4 Å². The Balaban J connectivity index is 1.85. The molecule has 21 heavy (non-hydrogen) atoms. The van der Waals surface area contributed by atoms with Gasteiger partial charge in [0.2, 0.25) is 0 Å². The molecule has 3 heteroatoms. The number of benzene rings is 1. The van der Waals surface area contributed by atoms with E-state index in [9.17, 15) is 0 Å². The van der Waals surface area contributed by atoms with Crippen LogP contribution in [-0.4, -0.2) is 43.7 Å². The van der Waals surface area contributed by atoms with Crippen LogP contribution in [0.2, 0.25) is 0 Å². The zero-order valence-corrected chi connectivity index (χ0v) is 13.8. The lowest BCUT2D eigenvalue weighted by Crippen LogP contribution is -2.45. The molecule has 0 spiro atoms. The second-order valence-electron chi connectivity index (χ2n) is 6.13. The van der Waals surface area contributed by atoms with Gasteiger partial charge in [0.15, 0.2) is 0 Å². The number of ether oxygens (including phenoxy) is 1. The van der Waals surface area contributed by atoms with Crippen molar-refractivity contribution < 1.29 is 4.74 Å². The predicted molar refractivity (Wildman–Crippen MR) is 89.2 cm³/mol. The number of nitrogens with zero attached hydrogens (tertiary/aromatic N) is 1. The summed E-state index contributed by atoms with van der Waals surface area (Å²) < 4.78 is 6.03. The Kier molecular flexibility index (Phi) is 6.52. The molecule has 1 saturated heterocycles. The standard InChI is InChI=1S/C18H30N2O/c1-4-11-20(17-7-9-19-10-8-17)12-13-21-18-14-15(2)5-6-16(18)3/h5-6,14,17,19H,4,7-13H2,1-3H3. The molecule has 0 radical (unpaired) electrons. The van der Waals surface area contributed by atoms with Crippen LogP contribution >= 0.6 is 0 Å². The largest absolute Gasteiger partial charge is 0.492 e. The molecule has 0 amide bonds. The summed E-state index contributed by atoms with van der Waals surface area (Å²) in [6.45, 7) is 11.8. The third kappa shape index (κ3) is 5.01. The molecule has 1 aliphatic rings. The first-order valence-electron chi connectivity index (χ1n) is 8.35. The fourth-order valence-corrected chi connectivity index (χ4v) is 3.07. The molecule has 3 nitrogen and oxygen atoms in total. The zero-order chi connectivity index (χ0) is 15.1. The van der Waals surface area contributed by atoms with Crippen molar-refractivity contribution in [2.75, 3.05) is 32.8 Å². The predicted octanol–water partition coefficient (Wildman–Crippen LogP) is 3.15. The quantitative estimate of drug-likeness (QED) is 0.835. The average Bonchev–Trinajstić information content (AvgIpc) is 2.51. The average molecular weight is 290 g/mol. The lowest BCUT2D eigenvalue weighted by Gasteiger charge is -2.34. The number of hydrogen-bond donors (Lipinski definition) is 1. The van der Waals surface area contributed by atoms with Gasteiger partial charge >= 0.3 is 0 Å². The lowest BCUT2D eigenvalue weighted by molar-refractivity contribution is 0.135. The Bertz CT molecular complexity index is 427. The lowest BCUT2D eigenvalue weighted by atomic mass is 10.0. The van der Waals surface area contributed by atoms with Gasteiger partial charge in [-0.1, -0.05) is 19.1 Å². The minimum absolute atomic E-state index is 0.730. The van der Waals surface area contributed by atoms with Crippen molar-refractivity contribution in [1.82, 2.24) is 10.2 Å². The van der Waals surface area contributed by atoms with Gasteiger partial charge in [0.05, 0.1) is 0 Å². The van der Waals surface area contributed by atoms with Crippen LogP contribution in [0.15, 0.2) is 18.2 Å². The third-order valence-corrected chi connectivity index (χ3v) is 4.32. The maximum Gasteiger partial charge on any atom is 0.122 e. The number of aryl methyl sites for hydroxylation is 2. The van der Waals surface area contributed by atoms with Crippen molar-refractivity contribution in [2.24, 2.45) is 0 Å². The van der Waals surface area contributed by atoms with E-state index >= 15 is 0 Å². The Morgan fingerprint density at radius 3 is 2.67 bits per heavy atom. The molecule has 1 aliphatic heterocycles. The van der Waals surface area contributed by atoms with E-state index < -0.39 is 0 Å². The van der Waals surface area contributed by atoms with Crippen LogP contribution in [-0.2, 0) is 0 Å². The van der Waals surface area contributed by atoms with Crippen LogP contribution in [0.5, 0.6) is 5.75 Å². The van der Waals surface area contributed by atoms with Gasteiger partial charge in [-0.25, -0.2) is 0 Å². The molecule has 0 aromatic heterocycles. The normalized spacial score (nSPS) is 16.4. The second kappa shape index (κ2) is 8.40. The second-order valence-corrected chi connectivity index (χ2v) is 6.13. The Morgan fingerprint density at radius 2 is 1.95 bits per heavy atom. The van der Waals surface area contributed by atoms with E-state index in [1.54, 1.807) is 0 Å². The zero-order valence-electron chi connectivity index (χ0n) is 13.8. The molecule has 118 valence electrons. The summed E-state index contributed by atoms with van der Waals surface area (Å²) in [4.78, 5) is 2.62. The van der Waals surface area contributed by atoms with E-state index in [0.29, 0.717) is 0 Å². The molecule has 0 aliphatic carbocycles. The molecule has 2 rings (SSSR count). The van der Waals surface area contributed by atoms with Gasteiger partial charge in [0.25, 0.3) is 0 Å². The number of hydrogen-bond acceptors (Lipinski definition) is 3. The summed E-state index contributed by atoms with van der Waals surface area (Å²) in [5.41, 5.74) is 2.49. The highest BCUT2D eigenvalue weighted by Crippen LogP contribution is 2.19. The van der Waals surface area contributed by atoms with E-state index in [4.69, 9.17) is 4.74 Å². The SMILES string of the molecule is CCCN(CCOc1cc(C)ccc1C)C1CCNCC1. The van der Waals surface area contributed by atoms with Gasteiger partial charge < -0.3 is 10.1 Å². The number of piperidine rings is 1. The highest BCUT2D eigenvalue weighted by Gasteiger charge is 2.20. The molecule has 0 saturated carbocycles. The molecular weight excluding hydrogens is 260 g/mol. The fraction of sp³-hybridized carbons (Fsp3) is 0.667. The van der Waals surface area contributed by atoms with Gasteiger partial charge in [-0.05, 0) is 69.9 Å². The molecule has 1 aromatic carbocycles. The van der Waals surface area contributed by atoms with Crippen molar-refractivity contribution >= 4 is 0 Å². The maximum absolute atomic E-state index is 6.03. The van der Waals surface area contributed by atoms with Crippen molar-refractivity contribution in [3.63, 3.8) is 0 Å². The number of rotatable bonds is 7. The van der Waals surface area contributed by atoms with Gasteiger partial charge in [0, 0.05) is 12.6 Å². The van der Waals surface area contributed by atoms with E-state index in [-0.39, 0.29) is 0 Å². The van der Waals surface area contributed by atoms with E-state index in [2.05, 4.69) is 49.2 Å². The summed E-state index contributed by atoms with van der Waals surface area (Å²) in [7, 11) is 0. The van der Waals surface area contributed by atoms with E-state index in [1.807, 2.05) is 0 Å². The highest BCUT2D eigenvalue weighted by atomic mass is 16.5. The summed E-state index contributed by atoms with van der Waals surface area (Å²) in [5.74, 6) is 1.04. The van der Waals surface area contributed by atoms with Crippen LogP contribution in [0.3, 0.4) is 0 Å². The summed E-state index contributed by atoms with van der Waals surface area (Å²) in [6.07, 6.45) is 3.75. The van der Waals surface area contributed by atoms with Crippen molar-refractivity contribution in [1.29, 1.82) is 0 Å². The van der Waals surface area contributed by atoms with Crippen LogP contribution in [0.4, 0.5) is 0 Å². The van der Waals surface area contributed by atoms with Crippen LogP contribution in [0.1, 0.15) is 37.3 Å². The maximum atomic E-state index is 6.03. The molecule has 0 atom stereocenters. The molecule has 0 bridgehead atoms. The molecule has 1 heterocycles. The van der Waals surface area contributed by atoms with Crippen LogP contribution in [0.25, 0.3) is 0 Å². The smallest absolute Gasteiger partial charge is 0.122 e. The van der Waals surface area contributed by atoms with E-state index in [0.717, 1.165) is 38.0 Å². The topological polar surface area (TPSA) is 24.5 Å². The first kappa shape index (κ1) is 16.3. The first-order chi connectivity index (χ1) is 10.2. The first-order valence-corrected chi connectivity index (χ1v) is 8.35. The van der Waals surface area contributed by atoms with Crippen LogP contribution < -0.4 is 10.1 Å². The van der Waals surface area contributed by atoms with E-state index in [1.165, 1.54) is 36.9 Å². The van der Waals surface area contributed by atoms with Crippen molar-refractivity contribution in [3.05, 3.63) is 29.3 Å². The van der Waals surface area contributed by atoms with Gasteiger partial charge in [-0.15, -0.1) is 0 Å². The van der Waals surface area contributed by atoms with Crippen molar-refractivity contribution in [2.45, 2.75) is 46.1 Å². The molecule has 1 fully saturated rings. The Labute approximate surface area is 129 Å². The number of nitrogens with one attached hydrogen (secondary N) is 1. The third-order valence-electron chi connectivity index (χ3n) is 4.32. The molecule has 0 unspecified atom stereocenters. The monoisotopic (exact) mass is 290 g/mol. The highest BCUT2D eigenvalue weighted by molar-refractivity contribution is 5.35. The Morgan fingerprint density at radius 1 is 1.19 bits per heavy atom. The van der Waals surface area contributed by atoms with Crippen LogP contribution in [0, 0.1) is 13.8 Å². The summed E-state index contributed by atoms with van der Waals surface area (Å²) in [6, 6.07) is 7.15. The van der Waals surface area contributed by atoms with Crippen molar-refractivity contribution in [3.8, 4) is 5.75 Å². The van der Waals surface area contributed by atoms with Gasteiger partial charge in [-0.2, -0.15) is 0 Å².